The smallest absolute Gasteiger partial charge is 0.255 e. The predicted molar refractivity (Wildman–Crippen MR) is 124 cm³/mol. The molecule has 2 aromatic rings. The second-order valence-electron chi connectivity index (χ2n) is 7.85. The maximum absolute atomic E-state index is 12.8. The number of likely N-dealkylation sites (N-methyl/N-ethyl adjacent to an activating group) is 1. The number of piperazine rings is 1. The molecule has 0 unspecified atom stereocenters. The molecule has 2 aromatic carbocycles. The van der Waals surface area contributed by atoms with E-state index in [0.717, 1.165) is 38.3 Å². The van der Waals surface area contributed by atoms with Gasteiger partial charge in [-0.3, -0.25) is 9.69 Å². The number of amides is 1. The highest BCUT2D eigenvalue weighted by Crippen LogP contribution is 2.19. The van der Waals surface area contributed by atoms with Crippen LogP contribution in [0.1, 0.15) is 29.8 Å². The largest absolute Gasteiger partial charge is 0.322 e. The molecule has 0 spiro atoms. The van der Waals surface area contributed by atoms with Crippen molar-refractivity contribution >= 4 is 21.6 Å². The molecule has 1 fully saturated rings. The second-order valence-corrected chi connectivity index (χ2v) is 9.79. The lowest BCUT2D eigenvalue weighted by Gasteiger charge is -2.32. The molecule has 1 aliphatic rings. The van der Waals surface area contributed by atoms with Crippen LogP contribution in [0.5, 0.6) is 0 Å². The van der Waals surface area contributed by atoms with Gasteiger partial charge in [0.25, 0.3) is 5.91 Å². The quantitative estimate of drug-likeness (QED) is 0.678. The van der Waals surface area contributed by atoms with E-state index < -0.39 is 10.0 Å². The summed E-state index contributed by atoms with van der Waals surface area (Å²) in [5.74, 6) is -0.326. The number of rotatable bonds is 8. The van der Waals surface area contributed by atoms with Crippen LogP contribution in [-0.4, -0.2) is 74.7 Å². The van der Waals surface area contributed by atoms with Crippen LogP contribution in [0.4, 0.5) is 5.69 Å². The third kappa shape index (κ3) is 5.92. The normalized spacial score (nSPS) is 15.9. The molecule has 1 aliphatic heterocycles. The van der Waals surface area contributed by atoms with E-state index in [-0.39, 0.29) is 10.8 Å². The third-order valence-corrected chi connectivity index (χ3v) is 7.67. The molecule has 1 heterocycles. The summed E-state index contributed by atoms with van der Waals surface area (Å²) >= 11 is 0. The van der Waals surface area contributed by atoms with Crippen molar-refractivity contribution in [1.29, 1.82) is 0 Å². The first-order chi connectivity index (χ1) is 14.8. The number of carbonyl (C=O) groups excluding carboxylic acids is 1. The fourth-order valence-electron chi connectivity index (χ4n) is 3.73. The molecular formula is C23H32N4O3S. The summed E-state index contributed by atoms with van der Waals surface area (Å²) in [5, 5.41) is 2.90. The van der Waals surface area contributed by atoms with Crippen molar-refractivity contribution in [2.45, 2.75) is 25.3 Å². The highest BCUT2D eigenvalue weighted by molar-refractivity contribution is 7.89. The van der Waals surface area contributed by atoms with E-state index in [0.29, 0.717) is 24.3 Å². The molecule has 31 heavy (non-hydrogen) atoms. The summed E-state index contributed by atoms with van der Waals surface area (Å²) in [4.78, 5) is 17.7. The van der Waals surface area contributed by atoms with Crippen molar-refractivity contribution in [3.8, 4) is 0 Å². The SMILES string of the molecule is CCN(CC)S(=O)(=O)c1cccc(C(=O)Nc2cccc(CN3CCN(C)CC3)c2)c1. The van der Waals surface area contributed by atoms with Gasteiger partial charge in [-0.15, -0.1) is 0 Å². The van der Waals surface area contributed by atoms with E-state index in [2.05, 4.69) is 28.2 Å². The van der Waals surface area contributed by atoms with Gasteiger partial charge in [0, 0.05) is 57.1 Å². The van der Waals surface area contributed by atoms with Crippen molar-refractivity contribution in [3.63, 3.8) is 0 Å². The van der Waals surface area contributed by atoms with E-state index in [1.165, 1.54) is 16.4 Å². The van der Waals surface area contributed by atoms with Crippen LogP contribution in [0, 0.1) is 0 Å². The number of anilines is 1. The summed E-state index contributed by atoms with van der Waals surface area (Å²) in [6.45, 7) is 9.38. The van der Waals surface area contributed by atoms with Crippen LogP contribution in [-0.2, 0) is 16.6 Å². The van der Waals surface area contributed by atoms with Gasteiger partial charge in [-0.2, -0.15) is 4.31 Å². The van der Waals surface area contributed by atoms with E-state index in [1.54, 1.807) is 26.0 Å². The van der Waals surface area contributed by atoms with Crippen molar-refractivity contribution in [2.75, 3.05) is 51.6 Å². The van der Waals surface area contributed by atoms with Gasteiger partial charge < -0.3 is 10.2 Å². The molecule has 0 saturated carbocycles. The molecule has 1 saturated heterocycles. The van der Waals surface area contributed by atoms with Crippen LogP contribution in [0.2, 0.25) is 0 Å². The number of nitrogens with one attached hydrogen (secondary N) is 1. The highest BCUT2D eigenvalue weighted by Gasteiger charge is 2.22. The van der Waals surface area contributed by atoms with Gasteiger partial charge in [-0.25, -0.2) is 8.42 Å². The van der Waals surface area contributed by atoms with E-state index in [4.69, 9.17) is 0 Å². The Balaban J connectivity index is 1.71. The minimum atomic E-state index is -3.61. The monoisotopic (exact) mass is 444 g/mol. The van der Waals surface area contributed by atoms with Crippen molar-refractivity contribution in [3.05, 3.63) is 59.7 Å². The Labute approximate surface area is 185 Å². The van der Waals surface area contributed by atoms with Gasteiger partial charge in [0.2, 0.25) is 10.0 Å². The first-order valence-corrected chi connectivity index (χ1v) is 12.2. The Bertz CT molecular complexity index is 997. The van der Waals surface area contributed by atoms with Gasteiger partial charge in [0.1, 0.15) is 0 Å². The standard InChI is InChI=1S/C23H32N4O3S/c1-4-27(5-2)31(29,30)22-11-7-9-20(17-22)23(28)24-21-10-6-8-19(16-21)18-26-14-12-25(3)13-15-26/h6-11,16-17H,4-5,12-15,18H2,1-3H3,(H,24,28). The lowest BCUT2D eigenvalue weighted by molar-refractivity contribution is 0.102. The first kappa shape index (κ1) is 23.4. The average molecular weight is 445 g/mol. The number of benzene rings is 2. The maximum atomic E-state index is 12.8. The fourth-order valence-corrected chi connectivity index (χ4v) is 5.23. The number of sulfonamides is 1. The van der Waals surface area contributed by atoms with Crippen LogP contribution in [0.15, 0.2) is 53.4 Å². The minimum Gasteiger partial charge on any atom is -0.322 e. The van der Waals surface area contributed by atoms with Crippen molar-refractivity contribution in [1.82, 2.24) is 14.1 Å². The van der Waals surface area contributed by atoms with Gasteiger partial charge >= 0.3 is 0 Å². The summed E-state index contributed by atoms with van der Waals surface area (Å²) in [6, 6.07) is 14.0. The van der Waals surface area contributed by atoms with E-state index >= 15 is 0 Å². The highest BCUT2D eigenvalue weighted by atomic mass is 32.2. The van der Waals surface area contributed by atoms with Gasteiger partial charge in [-0.1, -0.05) is 32.0 Å². The number of nitrogens with zero attached hydrogens (tertiary/aromatic N) is 3. The lowest BCUT2D eigenvalue weighted by atomic mass is 10.1. The minimum absolute atomic E-state index is 0.132. The first-order valence-electron chi connectivity index (χ1n) is 10.7. The summed E-state index contributed by atoms with van der Waals surface area (Å²) in [6.07, 6.45) is 0. The third-order valence-electron chi connectivity index (χ3n) is 5.63. The van der Waals surface area contributed by atoms with E-state index in [1.807, 2.05) is 18.2 Å². The molecule has 3 rings (SSSR count). The molecule has 0 radical (unpaired) electrons. The Hall–Kier alpha value is -2.26. The fraction of sp³-hybridized carbons (Fsp3) is 0.435. The summed E-state index contributed by atoms with van der Waals surface area (Å²) < 4.78 is 26.9. The Kier molecular flexibility index (Phi) is 7.83. The molecule has 7 nitrogen and oxygen atoms in total. The lowest BCUT2D eigenvalue weighted by Crippen LogP contribution is -2.43. The Morgan fingerprint density at radius 1 is 1.00 bits per heavy atom. The molecule has 1 N–H and O–H groups in total. The number of hydrogen-bond acceptors (Lipinski definition) is 5. The molecule has 0 bridgehead atoms. The van der Waals surface area contributed by atoms with Crippen LogP contribution >= 0.6 is 0 Å². The Morgan fingerprint density at radius 3 is 2.35 bits per heavy atom. The zero-order valence-corrected chi connectivity index (χ0v) is 19.4. The molecule has 0 aromatic heterocycles. The molecule has 1 amide bonds. The molecule has 0 atom stereocenters. The second kappa shape index (κ2) is 10.4. The summed E-state index contributed by atoms with van der Waals surface area (Å²) in [5.41, 5.74) is 2.16. The molecule has 168 valence electrons. The number of hydrogen-bond donors (Lipinski definition) is 1. The maximum Gasteiger partial charge on any atom is 0.255 e. The molecule has 0 aliphatic carbocycles. The van der Waals surface area contributed by atoms with Crippen LogP contribution < -0.4 is 5.32 Å². The molecule has 8 heteroatoms. The topological polar surface area (TPSA) is 73.0 Å². The zero-order chi connectivity index (χ0) is 22.4. The number of carbonyl (C=O) groups is 1. The predicted octanol–water partition coefficient (Wildman–Crippen LogP) is 2.72. The van der Waals surface area contributed by atoms with Crippen LogP contribution in [0.3, 0.4) is 0 Å². The summed E-state index contributed by atoms with van der Waals surface area (Å²) in [7, 11) is -1.48. The van der Waals surface area contributed by atoms with Gasteiger partial charge in [-0.05, 0) is 42.9 Å². The van der Waals surface area contributed by atoms with Gasteiger partial charge in [0.05, 0.1) is 4.90 Å². The van der Waals surface area contributed by atoms with Crippen LogP contribution in [0.25, 0.3) is 0 Å². The zero-order valence-electron chi connectivity index (χ0n) is 18.5. The van der Waals surface area contributed by atoms with Crippen molar-refractivity contribution < 1.29 is 13.2 Å². The average Bonchev–Trinajstić information content (AvgIpc) is 2.76. The molecular weight excluding hydrogens is 412 g/mol. The Morgan fingerprint density at radius 2 is 1.68 bits per heavy atom. The van der Waals surface area contributed by atoms with Gasteiger partial charge in [0.15, 0.2) is 0 Å². The van der Waals surface area contributed by atoms with Crippen molar-refractivity contribution in [2.24, 2.45) is 0 Å². The van der Waals surface area contributed by atoms with E-state index in [9.17, 15) is 13.2 Å².